The molecule has 0 saturated carbocycles. The van der Waals surface area contributed by atoms with Gasteiger partial charge < -0.3 is 15.3 Å². The lowest BCUT2D eigenvalue weighted by atomic mass is 9.93. The molecule has 2 unspecified atom stereocenters. The van der Waals surface area contributed by atoms with E-state index in [0.29, 0.717) is 18.8 Å². The minimum atomic E-state index is -0.478. The van der Waals surface area contributed by atoms with E-state index >= 15 is 0 Å². The molecule has 2 aliphatic rings. The molecule has 2 fully saturated rings. The molecule has 1 amide bonds. The molecule has 1 aromatic rings. The zero-order chi connectivity index (χ0) is 16.8. The van der Waals surface area contributed by atoms with Gasteiger partial charge in [0.1, 0.15) is 0 Å². The molecule has 2 atom stereocenters. The Hall–Kier alpha value is -1.39. The highest BCUT2D eigenvalue weighted by atomic mass is 16.3. The summed E-state index contributed by atoms with van der Waals surface area (Å²) in [6, 6.07) is 9.99. The number of carbonyl (C=O) groups is 1. The van der Waals surface area contributed by atoms with Crippen LogP contribution in [0.4, 0.5) is 0 Å². The quantitative estimate of drug-likeness (QED) is 0.843. The van der Waals surface area contributed by atoms with Crippen LogP contribution in [0.2, 0.25) is 0 Å². The van der Waals surface area contributed by atoms with Crippen molar-refractivity contribution in [2.24, 2.45) is 5.92 Å². The second-order valence-electron chi connectivity index (χ2n) is 7.28. The SMILES string of the molecule is O=C(CCC1CCNCC1)N1CCCC1CC(O)c1ccccc1. The third kappa shape index (κ3) is 4.58. The fraction of sp³-hybridized carbons (Fsp3) is 0.650. The molecule has 0 aromatic heterocycles. The topological polar surface area (TPSA) is 52.6 Å². The molecule has 2 heterocycles. The van der Waals surface area contributed by atoms with Crippen LogP contribution < -0.4 is 5.32 Å². The average molecular weight is 330 g/mol. The minimum absolute atomic E-state index is 0.195. The number of hydrogen-bond donors (Lipinski definition) is 2. The van der Waals surface area contributed by atoms with Crippen molar-refractivity contribution < 1.29 is 9.90 Å². The summed E-state index contributed by atoms with van der Waals surface area (Å²) in [6.45, 7) is 3.04. The zero-order valence-corrected chi connectivity index (χ0v) is 14.5. The summed E-state index contributed by atoms with van der Waals surface area (Å²) in [6.07, 6.45) is 6.34. The molecule has 4 heteroatoms. The Bertz CT molecular complexity index is 514. The number of rotatable bonds is 6. The van der Waals surface area contributed by atoms with E-state index in [1.807, 2.05) is 35.2 Å². The highest BCUT2D eigenvalue weighted by molar-refractivity contribution is 5.76. The molecule has 0 spiro atoms. The number of carbonyl (C=O) groups excluding carboxylic acids is 1. The summed E-state index contributed by atoms with van der Waals surface area (Å²) in [5.74, 6) is 0.988. The molecule has 2 aliphatic heterocycles. The number of benzene rings is 1. The van der Waals surface area contributed by atoms with Gasteiger partial charge in [-0.05, 0) is 63.1 Å². The Kier molecular flexibility index (Phi) is 6.27. The van der Waals surface area contributed by atoms with Crippen LogP contribution in [-0.2, 0) is 4.79 Å². The third-order valence-electron chi connectivity index (χ3n) is 5.60. The molecule has 2 N–H and O–H groups in total. The lowest BCUT2D eigenvalue weighted by Crippen LogP contribution is -2.37. The van der Waals surface area contributed by atoms with Crippen molar-refractivity contribution >= 4 is 5.91 Å². The second kappa shape index (κ2) is 8.63. The molecule has 0 aliphatic carbocycles. The maximum atomic E-state index is 12.6. The number of hydrogen-bond acceptors (Lipinski definition) is 3. The molecule has 24 heavy (non-hydrogen) atoms. The number of likely N-dealkylation sites (tertiary alicyclic amines) is 1. The lowest BCUT2D eigenvalue weighted by molar-refractivity contribution is -0.132. The monoisotopic (exact) mass is 330 g/mol. The van der Waals surface area contributed by atoms with Crippen molar-refractivity contribution in [3.05, 3.63) is 35.9 Å². The van der Waals surface area contributed by atoms with E-state index in [4.69, 9.17) is 0 Å². The van der Waals surface area contributed by atoms with Crippen molar-refractivity contribution in [2.45, 2.75) is 57.1 Å². The van der Waals surface area contributed by atoms with E-state index < -0.39 is 6.10 Å². The number of piperidine rings is 1. The Morgan fingerprint density at radius 1 is 1.21 bits per heavy atom. The fourth-order valence-corrected chi connectivity index (χ4v) is 4.12. The van der Waals surface area contributed by atoms with E-state index in [1.165, 1.54) is 12.8 Å². The number of nitrogens with zero attached hydrogens (tertiary/aromatic N) is 1. The van der Waals surface area contributed by atoms with Gasteiger partial charge in [0.25, 0.3) is 0 Å². The Morgan fingerprint density at radius 2 is 1.96 bits per heavy atom. The van der Waals surface area contributed by atoms with Gasteiger partial charge in [0.05, 0.1) is 6.10 Å². The van der Waals surface area contributed by atoms with Gasteiger partial charge >= 0.3 is 0 Å². The van der Waals surface area contributed by atoms with Crippen LogP contribution in [0.5, 0.6) is 0 Å². The Morgan fingerprint density at radius 3 is 2.71 bits per heavy atom. The minimum Gasteiger partial charge on any atom is -0.388 e. The zero-order valence-electron chi connectivity index (χ0n) is 14.5. The van der Waals surface area contributed by atoms with E-state index in [0.717, 1.165) is 44.5 Å². The van der Waals surface area contributed by atoms with Crippen LogP contribution in [0.25, 0.3) is 0 Å². The smallest absolute Gasteiger partial charge is 0.222 e. The van der Waals surface area contributed by atoms with Crippen molar-refractivity contribution in [1.29, 1.82) is 0 Å². The van der Waals surface area contributed by atoms with Crippen molar-refractivity contribution in [3.63, 3.8) is 0 Å². The van der Waals surface area contributed by atoms with Crippen molar-refractivity contribution in [3.8, 4) is 0 Å². The summed E-state index contributed by atoms with van der Waals surface area (Å²) in [7, 11) is 0. The van der Waals surface area contributed by atoms with Gasteiger partial charge in [-0.15, -0.1) is 0 Å². The summed E-state index contributed by atoms with van der Waals surface area (Å²) in [4.78, 5) is 14.7. The molecule has 1 aromatic carbocycles. The number of amides is 1. The molecule has 3 rings (SSSR count). The summed E-state index contributed by atoms with van der Waals surface area (Å²) in [5, 5.41) is 13.8. The molecular formula is C20H30N2O2. The first kappa shape index (κ1) is 17.4. The highest BCUT2D eigenvalue weighted by Crippen LogP contribution is 2.28. The van der Waals surface area contributed by atoms with Crippen LogP contribution in [0, 0.1) is 5.92 Å². The molecule has 0 bridgehead atoms. The molecule has 0 radical (unpaired) electrons. The van der Waals surface area contributed by atoms with Gasteiger partial charge in [-0.3, -0.25) is 4.79 Å². The van der Waals surface area contributed by atoms with Crippen LogP contribution in [0.3, 0.4) is 0 Å². The van der Waals surface area contributed by atoms with Gasteiger partial charge in [0.2, 0.25) is 5.91 Å². The fourth-order valence-electron chi connectivity index (χ4n) is 4.12. The van der Waals surface area contributed by atoms with E-state index in [9.17, 15) is 9.90 Å². The van der Waals surface area contributed by atoms with Gasteiger partial charge in [0, 0.05) is 19.0 Å². The normalized spacial score (nSPS) is 23.4. The van der Waals surface area contributed by atoms with Crippen LogP contribution in [0.1, 0.15) is 56.6 Å². The van der Waals surface area contributed by atoms with Crippen LogP contribution >= 0.6 is 0 Å². The maximum absolute atomic E-state index is 12.6. The first-order chi connectivity index (χ1) is 11.7. The van der Waals surface area contributed by atoms with Crippen molar-refractivity contribution in [1.82, 2.24) is 10.2 Å². The van der Waals surface area contributed by atoms with E-state index in [2.05, 4.69) is 5.32 Å². The van der Waals surface area contributed by atoms with E-state index in [1.54, 1.807) is 0 Å². The maximum Gasteiger partial charge on any atom is 0.222 e. The molecule has 132 valence electrons. The van der Waals surface area contributed by atoms with Gasteiger partial charge in [-0.2, -0.15) is 0 Å². The summed E-state index contributed by atoms with van der Waals surface area (Å²) in [5.41, 5.74) is 0.950. The third-order valence-corrected chi connectivity index (χ3v) is 5.60. The summed E-state index contributed by atoms with van der Waals surface area (Å²) < 4.78 is 0. The van der Waals surface area contributed by atoms with Gasteiger partial charge in [-0.1, -0.05) is 30.3 Å². The molecule has 2 saturated heterocycles. The molecule has 4 nitrogen and oxygen atoms in total. The molecular weight excluding hydrogens is 300 g/mol. The number of aliphatic hydroxyl groups is 1. The van der Waals surface area contributed by atoms with Crippen molar-refractivity contribution in [2.75, 3.05) is 19.6 Å². The van der Waals surface area contributed by atoms with Gasteiger partial charge in [-0.25, -0.2) is 0 Å². The Balaban J connectivity index is 1.49. The largest absolute Gasteiger partial charge is 0.388 e. The first-order valence-corrected chi connectivity index (χ1v) is 9.47. The standard InChI is InChI=1S/C20H30N2O2/c23-19(17-5-2-1-3-6-17)15-18-7-4-14-22(18)20(24)9-8-16-10-12-21-13-11-16/h1-3,5-6,16,18-19,21,23H,4,7-15H2. The first-order valence-electron chi connectivity index (χ1n) is 9.47. The number of aliphatic hydroxyl groups excluding tert-OH is 1. The predicted molar refractivity (Wildman–Crippen MR) is 95.6 cm³/mol. The van der Waals surface area contributed by atoms with Gasteiger partial charge in [0.15, 0.2) is 0 Å². The summed E-state index contributed by atoms with van der Waals surface area (Å²) >= 11 is 0. The Labute approximate surface area is 145 Å². The number of nitrogens with one attached hydrogen (secondary N) is 1. The second-order valence-corrected chi connectivity index (χ2v) is 7.28. The highest BCUT2D eigenvalue weighted by Gasteiger charge is 2.30. The predicted octanol–water partition coefficient (Wildman–Crippen LogP) is 2.88. The van der Waals surface area contributed by atoms with Crippen LogP contribution in [0.15, 0.2) is 30.3 Å². The lowest BCUT2D eigenvalue weighted by Gasteiger charge is -2.28. The average Bonchev–Trinajstić information content (AvgIpc) is 3.09. The van der Waals surface area contributed by atoms with Crippen LogP contribution in [-0.4, -0.2) is 41.6 Å². The van der Waals surface area contributed by atoms with E-state index in [-0.39, 0.29) is 11.9 Å².